The quantitative estimate of drug-likeness (QED) is 0.844. The molecular formula is C16H21NO3. The molecule has 1 N–H and O–H groups in total. The smallest absolute Gasteiger partial charge is 0.251 e. The van der Waals surface area contributed by atoms with E-state index in [1.54, 1.807) is 12.1 Å². The van der Waals surface area contributed by atoms with E-state index in [9.17, 15) is 4.79 Å². The Morgan fingerprint density at radius 1 is 1.00 bits per heavy atom. The molecule has 3 rings (SSSR count). The first-order chi connectivity index (χ1) is 9.83. The van der Waals surface area contributed by atoms with Gasteiger partial charge in [-0.05, 0) is 31.0 Å². The molecule has 4 nitrogen and oxygen atoms in total. The molecule has 1 aliphatic carbocycles. The average Bonchev–Trinajstić information content (AvgIpc) is 2.75. The zero-order chi connectivity index (χ0) is 13.8. The molecule has 1 amide bonds. The molecular weight excluding hydrogens is 254 g/mol. The molecule has 1 aliphatic heterocycles. The summed E-state index contributed by atoms with van der Waals surface area (Å²) < 4.78 is 11.0. The molecule has 1 saturated carbocycles. The van der Waals surface area contributed by atoms with Crippen LogP contribution in [0.3, 0.4) is 0 Å². The van der Waals surface area contributed by atoms with Gasteiger partial charge in [0.25, 0.3) is 5.91 Å². The number of fused-ring (bicyclic) bond motifs is 1. The Kier molecular flexibility index (Phi) is 4.09. The normalized spacial score (nSPS) is 19.2. The van der Waals surface area contributed by atoms with Gasteiger partial charge >= 0.3 is 0 Å². The Hall–Kier alpha value is -1.71. The van der Waals surface area contributed by atoms with E-state index in [2.05, 4.69) is 5.32 Å². The molecule has 1 heterocycles. The van der Waals surface area contributed by atoms with Crippen LogP contribution in [0.25, 0.3) is 0 Å². The van der Waals surface area contributed by atoms with Gasteiger partial charge in [-0.1, -0.05) is 25.7 Å². The molecule has 0 atom stereocenters. The van der Waals surface area contributed by atoms with Crippen LogP contribution in [0.1, 0.15) is 48.9 Å². The zero-order valence-corrected chi connectivity index (χ0v) is 11.7. The van der Waals surface area contributed by atoms with E-state index in [0.717, 1.165) is 18.6 Å². The lowest BCUT2D eigenvalue weighted by Gasteiger charge is -2.20. The summed E-state index contributed by atoms with van der Waals surface area (Å²) in [7, 11) is 0. The number of benzene rings is 1. The molecule has 0 radical (unpaired) electrons. The van der Waals surface area contributed by atoms with Crippen molar-refractivity contribution >= 4 is 5.91 Å². The van der Waals surface area contributed by atoms with E-state index in [1.807, 2.05) is 6.07 Å². The summed E-state index contributed by atoms with van der Waals surface area (Å²) in [5, 5.41) is 3.15. The summed E-state index contributed by atoms with van der Waals surface area (Å²) in [6.07, 6.45) is 7.19. The maximum Gasteiger partial charge on any atom is 0.251 e. The number of amides is 1. The molecule has 1 aromatic rings. The molecule has 1 aromatic carbocycles. The Morgan fingerprint density at radius 3 is 2.45 bits per heavy atom. The van der Waals surface area contributed by atoms with Gasteiger partial charge < -0.3 is 14.8 Å². The lowest BCUT2D eigenvalue weighted by molar-refractivity contribution is 0.0932. The molecule has 2 aliphatic rings. The lowest BCUT2D eigenvalue weighted by atomic mass is 10.1. The minimum atomic E-state index is -0.00567. The van der Waals surface area contributed by atoms with Crippen LogP contribution in [0.15, 0.2) is 18.2 Å². The van der Waals surface area contributed by atoms with Crippen LogP contribution < -0.4 is 14.8 Å². The molecule has 0 aromatic heterocycles. The highest BCUT2D eigenvalue weighted by Crippen LogP contribution is 2.30. The SMILES string of the molecule is O=C(NC1CCCCCC1)c1ccc2c(c1)OCCO2. The Bertz CT molecular complexity index is 479. The molecule has 1 fully saturated rings. The minimum Gasteiger partial charge on any atom is -0.486 e. The predicted molar refractivity (Wildman–Crippen MR) is 76.4 cm³/mol. The van der Waals surface area contributed by atoms with E-state index in [4.69, 9.17) is 9.47 Å². The highest BCUT2D eigenvalue weighted by molar-refractivity contribution is 5.95. The van der Waals surface area contributed by atoms with Gasteiger partial charge in [-0.3, -0.25) is 4.79 Å². The summed E-state index contributed by atoms with van der Waals surface area (Å²) >= 11 is 0. The maximum atomic E-state index is 12.3. The second-order valence-corrected chi connectivity index (χ2v) is 5.52. The number of nitrogens with one attached hydrogen (secondary N) is 1. The Balaban J connectivity index is 1.67. The first-order valence-corrected chi connectivity index (χ1v) is 7.53. The van der Waals surface area contributed by atoms with Gasteiger partial charge in [0, 0.05) is 11.6 Å². The fourth-order valence-corrected chi connectivity index (χ4v) is 2.88. The highest BCUT2D eigenvalue weighted by atomic mass is 16.6. The highest BCUT2D eigenvalue weighted by Gasteiger charge is 2.18. The van der Waals surface area contributed by atoms with Crippen molar-refractivity contribution in [1.82, 2.24) is 5.32 Å². The first kappa shape index (κ1) is 13.3. The summed E-state index contributed by atoms with van der Waals surface area (Å²) in [4.78, 5) is 12.3. The van der Waals surface area contributed by atoms with E-state index in [-0.39, 0.29) is 5.91 Å². The van der Waals surface area contributed by atoms with Gasteiger partial charge in [-0.15, -0.1) is 0 Å². The third-order valence-electron chi connectivity index (χ3n) is 3.99. The average molecular weight is 275 g/mol. The number of rotatable bonds is 2. The van der Waals surface area contributed by atoms with Crippen molar-refractivity contribution in [2.45, 2.75) is 44.6 Å². The molecule has 0 spiro atoms. The van der Waals surface area contributed by atoms with Crippen molar-refractivity contribution in [2.75, 3.05) is 13.2 Å². The summed E-state index contributed by atoms with van der Waals surface area (Å²) in [5.41, 5.74) is 0.651. The molecule has 108 valence electrons. The van der Waals surface area contributed by atoms with Crippen molar-refractivity contribution in [3.05, 3.63) is 23.8 Å². The maximum absolute atomic E-state index is 12.3. The second-order valence-electron chi connectivity index (χ2n) is 5.52. The number of carbonyl (C=O) groups excluding carboxylic acids is 1. The third kappa shape index (κ3) is 3.06. The van der Waals surface area contributed by atoms with Gasteiger partial charge in [0.1, 0.15) is 13.2 Å². The van der Waals surface area contributed by atoms with Gasteiger partial charge in [0.05, 0.1) is 0 Å². The Labute approximate surface area is 119 Å². The largest absolute Gasteiger partial charge is 0.486 e. The van der Waals surface area contributed by atoms with Crippen molar-refractivity contribution in [3.8, 4) is 11.5 Å². The summed E-state index contributed by atoms with van der Waals surface area (Å²) in [6.45, 7) is 1.11. The van der Waals surface area contributed by atoms with Crippen LogP contribution in [0.4, 0.5) is 0 Å². The minimum absolute atomic E-state index is 0.00567. The van der Waals surface area contributed by atoms with Crippen LogP contribution in [0.5, 0.6) is 11.5 Å². The fourth-order valence-electron chi connectivity index (χ4n) is 2.88. The van der Waals surface area contributed by atoms with Gasteiger partial charge in [-0.25, -0.2) is 0 Å². The molecule has 0 unspecified atom stereocenters. The number of ether oxygens (including phenoxy) is 2. The van der Waals surface area contributed by atoms with Crippen LogP contribution in [-0.4, -0.2) is 25.2 Å². The monoisotopic (exact) mass is 275 g/mol. The van der Waals surface area contributed by atoms with Crippen LogP contribution in [0.2, 0.25) is 0 Å². The third-order valence-corrected chi connectivity index (χ3v) is 3.99. The van der Waals surface area contributed by atoms with E-state index in [0.29, 0.717) is 30.6 Å². The molecule has 0 saturated heterocycles. The topological polar surface area (TPSA) is 47.6 Å². The van der Waals surface area contributed by atoms with Crippen LogP contribution in [-0.2, 0) is 0 Å². The van der Waals surface area contributed by atoms with Crippen molar-refractivity contribution in [1.29, 1.82) is 0 Å². The summed E-state index contributed by atoms with van der Waals surface area (Å²) in [6, 6.07) is 5.72. The zero-order valence-electron chi connectivity index (χ0n) is 11.7. The predicted octanol–water partition coefficient (Wildman–Crippen LogP) is 2.91. The van der Waals surface area contributed by atoms with Crippen LogP contribution in [0, 0.1) is 0 Å². The van der Waals surface area contributed by atoms with Crippen molar-refractivity contribution < 1.29 is 14.3 Å². The van der Waals surface area contributed by atoms with Gasteiger partial charge in [0.2, 0.25) is 0 Å². The van der Waals surface area contributed by atoms with Gasteiger partial charge in [0.15, 0.2) is 11.5 Å². The molecule has 4 heteroatoms. The number of hydrogen-bond donors (Lipinski definition) is 1. The number of carbonyl (C=O) groups is 1. The van der Waals surface area contributed by atoms with Crippen LogP contribution >= 0.6 is 0 Å². The van der Waals surface area contributed by atoms with E-state index in [1.165, 1.54) is 25.7 Å². The lowest BCUT2D eigenvalue weighted by Crippen LogP contribution is -2.34. The van der Waals surface area contributed by atoms with Crippen molar-refractivity contribution in [3.63, 3.8) is 0 Å². The van der Waals surface area contributed by atoms with Crippen molar-refractivity contribution in [2.24, 2.45) is 0 Å². The van der Waals surface area contributed by atoms with Gasteiger partial charge in [-0.2, -0.15) is 0 Å². The first-order valence-electron chi connectivity index (χ1n) is 7.53. The fraction of sp³-hybridized carbons (Fsp3) is 0.562. The number of hydrogen-bond acceptors (Lipinski definition) is 3. The standard InChI is InChI=1S/C16H21NO3/c18-16(17-13-5-3-1-2-4-6-13)12-7-8-14-15(11-12)20-10-9-19-14/h7-8,11,13H,1-6,9-10H2,(H,17,18). The molecule has 20 heavy (non-hydrogen) atoms. The second kappa shape index (κ2) is 6.16. The van der Waals surface area contributed by atoms with E-state index >= 15 is 0 Å². The Morgan fingerprint density at radius 2 is 1.70 bits per heavy atom. The van der Waals surface area contributed by atoms with E-state index < -0.39 is 0 Å². The molecule has 0 bridgehead atoms. The summed E-state index contributed by atoms with van der Waals surface area (Å²) in [5.74, 6) is 1.39.